The second kappa shape index (κ2) is 7.03. The van der Waals surface area contributed by atoms with Crippen molar-refractivity contribution >= 4 is 51.6 Å². The minimum atomic E-state index is 0.712. The van der Waals surface area contributed by atoms with E-state index in [1.165, 1.54) is 0 Å². The molecule has 0 heterocycles. The summed E-state index contributed by atoms with van der Waals surface area (Å²) in [6.45, 7) is 0. The zero-order chi connectivity index (χ0) is 13.7. The lowest BCUT2D eigenvalue weighted by atomic mass is 10.3. The molecule has 2 rings (SSSR count). The Kier molecular flexibility index (Phi) is 5.36. The quantitative estimate of drug-likeness (QED) is 0.612. The van der Waals surface area contributed by atoms with Crippen LogP contribution in [0, 0.1) is 0 Å². The Morgan fingerprint density at radius 1 is 1.16 bits per heavy atom. The number of hydrogen-bond donors (Lipinski definition) is 1. The lowest BCUT2D eigenvalue weighted by Gasteiger charge is -2.10. The van der Waals surface area contributed by atoms with E-state index in [1.807, 2.05) is 42.7 Å². The van der Waals surface area contributed by atoms with E-state index in [2.05, 4.69) is 27.3 Å². The minimum Gasteiger partial charge on any atom is -0.328 e. The number of benzene rings is 2. The molecule has 0 aliphatic rings. The average Bonchev–Trinajstić information content (AvgIpc) is 2.43. The molecule has 2 aromatic rings. The molecule has 0 saturated carbocycles. The van der Waals surface area contributed by atoms with Crippen LogP contribution in [-0.2, 0) is 4.79 Å². The molecule has 0 saturated heterocycles. The lowest BCUT2D eigenvalue weighted by molar-refractivity contribution is -0.105. The third-order valence-corrected chi connectivity index (χ3v) is 5.29. The van der Waals surface area contributed by atoms with Crippen LogP contribution < -0.4 is 5.32 Å². The molecule has 0 radical (unpaired) electrons. The number of thioether (sulfide) groups is 1. The molecule has 19 heavy (non-hydrogen) atoms. The van der Waals surface area contributed by atoms with Gasteiger partial charge in [-0.05, 0) is 52.5 Å². The molecule has 0 aliphatic heterocycles. The van der Waals surface area contributed by atoms with Gasteiger partial charge in [0.15, 0.2) is 0 Å². The highest BCUT2D eigenvalue weighted by Gasteiger charge is 2.07. The number of anilines is 1. The van der Waals surface area contributed by atoms with Crippen molar-refractivity contribution in [3.63, 3.8) is 0 Å². The summed E-state index contributed by atoms with van der Waals surface area (Å²) in [7, 11) is 0. The molecule has 0 aromatic heterocycles. The van der Waals surface area contributed by atoms with Crippen molar-refractivity contribution in [3.05, 3.63) is 46.9 Å². The summed E-state index contributed by atoms with van der Waals surface area (Å²) in [4.78, 5) is 14.0. The summed E-state index contributed by atoms with van der Waals surface area (Å²) in [5.74, 6) is 0. The summed E-state index contributed by atoms with van der Waals surface area (Å²) >= 11 is 6.81. The van der Waals surface area contributed by atoms with Gasteiger partial charge in [0.25, 0.3) is 0 Å². The van der Waals surface area contributed by atoms with E-state index in [0.717, 1.165) is 24.8 Å². The number of amides is 1. The van der Waals surface area contributed by atoms with E-state index in [9.17, 15) is 4.79 Å². The molecular weight excluding hydrogens is 342 g/mol. The SMILES string of the molecule is CSc1ccc(Sc2ccccc2Br)c(NC=O)c1. The molecule has 0 bridgehead atoms. The normalized spacial score (nSPS) is 10.2. The Morgan fingerprint density at radius 3 is 2.63 bits per heavy atom. The molecule has 5 heteroatoms. The zero-order valence-corrected chi connectivity index (χ0v) is 13.4. The van der Waals surface area contributed by atoms with Crippen LogP contribution in [0.1, 0.15) is 0 Å². The standard InChI is InChI=1S/C14H12BrNOS2/c1-18-10-6-7-14(12(8-10)16-9-17)19-13-5-3-2-4-11(13)15/h2-9H,1H3,(H,16,17). The molecule has 1 N–H and O–H groups in total. The van der Waals surface area contributed by atoms with Crippen molar-refractivity contribution in [1.82, 2.24) is 0 Å². The van der Waals surface area contributed by atoms with Crippen molar-refractivity contribution < 1.29 is 4.79 Å². The summed E-state index contributed by atoms with van der Waals surface area (Å²) in [5, 5.41) is 2.76. The third kappa shape index (κ3) is 3.78. The van der Waals surface area contributed by atoms with Gasteiger partial charge in [-0.3, -0.25) is 4.79 Å². The van der Waals surface area contributed by atoms with Gasteiger partial charge in [0.05, 0.1) is 5.69 Å². The molecule has 2 aromatic carbocycles. The maximum atomic E-state index is 10.7. The number of carbonyl (C=O) groups is 1. The highest BCUT2D eigenvalue weighted by Crippen LogP contribution is 2.38. The molecule has 1 amide bonds. The topological polar surface area (TPSA) is 29.1 Å². The van der Waals surface area contributed by atoms with Gasteiger partial charge in [0.2, 0.25) is 6.41 Å². The van der Waals surface area contributed by atoms with Crippen LogP contribution in [0.5, 0.6) is 0 Å². The number of halogens is 1. The monoisotopic (exact) mass is 353 g/mol. The van der Waals surface area contributed by atoms with Gasteiger partial charge in [-0.15, -0.1) is 11.8 Å². The van der Waals surface area contributed by atoms with E-state index in [4.69, 9.17) is 0 Å². The first-order valence-electron chi connectivity index (χ1n) is 5.55. The smallest absolute Gasteiger partial charge is 0.211 e. The van der Waals surface area contributed by atoms with E-state index >= 15 is 0 Å². The van der Waals surface area contributed by atoms with Crippen LogP contribution >= 0.6 is 39.5 Å². The van der Waals surface area contributed by atoms with E-state index in [0.29, 0.717) is 6.41 Å². The molecule has 0 fully saturated rings. The summed E-state index contributed by atoms with van der Waals surface area (Å²) in [5.41, 5.74) is 0.836. The average molecular weight is 354 g/mol. The van der Waals surface area contributed by atoms with Crippen molar-refractivity contribution in [2.75, 3.05) is 11.6 Å². The van der Waals surface area contributed by atoms with Crippen molar-refractivity contribution in [3.8, 4) is 0 Å². The van der Waals surface area contributed by atoms with Crippen LogP contribution in [0.25, 0.3) is 0 Å². The Bertz CT molecular complexity index is 589. The predicted molar refractivity (Wildman–Crippen MR) is 86.2 cm³/mol. The van der Waals surface area contributed by atoms with Gasteiger partial charge in [-0.25, -0.2) is 0 Å². The van der Waals surface area contributed by atoms with Crippen molar-refractivity contribution in [2.45, 2.75) is 14.7 Å². The van der Waals surface area contributed by atoms with E-state index < -0.39 is 0 Å². The number of carbonyl (C=O) groups excluding carboxylic acids is 1. The number of rotatable bonds is 5. The first-order valence-corrected chi connectivity index (χ1v) is 8.38. The lowest BCUT2D eigenvalue weighted by Crippen LogP contribution is -1.96. The van der Waals surface area contributed by atoms with Crippen LogP contribution in [0.15, 0.2) is 61.6 Å². The van der Waals surface area contributed by atoms with Crippen LogP contribution in [0.4, 0.5) is 5.69 Å². The highest BCUT2D eigenvalue weighted by atomic mass is 79.9. The highest BCUT2D eigenvalue weighted by molar-refractivity contribution is 9.10. The molecule has 0 aliphatic carbocycles. The maximum absolute atomic E-state index is 10.7. The summed E-state index contributed by atoms with van der Waals surface area (Å²) in [6.07, 6.45) is 2.73. The maximum Gasteiger partial charge on any atom is 0.211 e. The third-order valence-electron chi connectivity index (χ3n) is 2.46. The van der Waals surface area contributed by atoms with E-state index in [1.54, 1.807) is 23.5 Å². The minimum absolute atomic E-state index is 0.712. The molecule has 98 valence electrons. The first kappa shape index (κ1) is 14.5. The van der Waals surface area contributed by atoms with Gasteiger partial charge in [0.1, 0.15) is 0 Å². The van der Waals surface area contributed by atoms with Gasteiger partial charge in [-0.1, -0.05) is 23.9 Å². The van der Waals surface area contributed by atoms with Crippen LogP contribution in [-0.4, -0.2) is 12.7 Å². The number of nitrogens with one attached hydrogen (secondary N) is 1. The van der Waals surface area contributed by atoms with Gasteiger partial charge >= 0.3 is 0 Å². The van der Waals surface area contributed by atoms with Gasteiger partial charge < -0.3 is 5.32 Å². The zero-order valence-electron chi connectivity index (χ0n) is 10.2. The second-order valence-corrected chi connectivity index (χ2v) is 6.47. The van der Waals surface area contributed by atoms with Crippen molar-refractivity contribution in [1.29, 1.82) is 0 Å². The van der Waals surface area contributed by atoms with E-state index in [-0.39, 0.29) is 0 Å². The van der Waals surface area contributed by atoms with Gasteiger partial charge in [0, 0.05) is 19.2 Å². The number of hydrogen-bond acceptors (Lipinski definition) is 3. The fourth-order valence-corrected chi connectivity index (χ4v) is 3.43. The Hall–Kier alpha value is -0.910. The fraction of sp³-hybridized carbons (Fsp3) is 0.0714. The fourth-order valence-electron chi connectivity index (χ4n) is 1.55. The largest absolute Gasteiger partial charge is 0.328 e. The van der Waals surface area contributed by atoms with Crippen molar-refractivity contribution in [2.24, 2.45) is 0 Å². The molecule has 0 unspecified atom stereocenters. The van der Waals surface area contributed by atoms with Crippen LogP contribution in [0.2, 0.25) is 0 Å². The summed E-state index contributed by atoms with van der Waals surface area (Å²) in [6, 6.07) is 14.1. The molecule has 0 atom stereocenters. The Labute approximate surface area is 129 Å². The predicted octanol–water partition coefficient (Wildman–Crippen LogP) is 4.89. The second-order valence-electron chi connectivity index (χ2n) is 3.66. The Balaban J connectivity index is 2.34. The van der Waals surface area contributed by atoms with Gasteiger partial charge in [-0.2, -0.15) is 0 Å². The molecule has 0 spiro atoms. The molecule has 2 nitrogen and oxygen atoms in total. The first-order chi connectivity index (χ1) is 9.24. The Morgan fingerprint density at radius 2 is 1.95 bits per heavy atom. The molecular formula is C14H12BrNOS2. The summed E-state index contributed by atoms with van der Waals surface area (Å²) < 4.78 is 1.05. The van der Waals surface area contributed by atoms with Crippen LogP contribution in [0.3, 0.4) is 0 Å².